The van der Waals surface area contributed by atoms with Crippen LogP contribution in [0.15, 0.2) is 47.0 Å². The molecule has 0 saturated heterocycles. The smallest absolute Gasteiger partial charge is 0.417 e. The number of hydrogen-bond donors (Lipinski definition) is 0. The predicted octanol–water partition coefficient (Wildman–Crippen LogP) is 3.08. The van der Waals surface area contributed by atoms with E-state index in [4.69, 9.17) is 4.74 Å². The normalized spacial score (nSPS) is 20.4. The van der Waals surface area contributed by atoms with Crippen molar-refractivity contribution in [3.8, 4) is 0 Å². The Morgan fingerprint density at radius 3 is 2.50 bits per heavy atom. The Bertz CT molecular complexity index is 624. The second kappa shape index (κ2) is 5.83. The minimum absolute atomic E-state index is 0.145. The summed E-state index contributed by atoms with van der Waals surface area (Å²) in [5.41, 5.74) is 4.14. The Hall–Kier alpha value is -2.30. The van der Waals surface area contributed by atoms with E-state index in [1.54, 1.807) is 19.3 Å². The van der Waals surface area contributed by atoms with Gasteiger partial charge in [0.05, 0.1) is 12.3 Å². The van der Waals surface area contributed by atoms with E-state index >= 15 is 0 Å². The highest BCUT2D eigenvalue weighted by molar-refractivity contribution is 6.01. The van der Waals surface area contributed by atoms with E-state index in [1.807, 2.05) is 24.0 Å². The predicted molar refractivity (Wildman–Crippen MR) is 82.4 cm³/mol. The molecule has 5 heteroatoms. The van der Waals surface area contributed by atoms with Crippen molar-refractivity contribution in [1.82, 2.24) is 9.80 Å². The highest BCUT2D eigenvalue weighted by atomic mass is 16.5. The van der Waals surface area contributed by atoms with Crippen molar-refractivity contribution in [2.75, 3.05) is 13.2 Å². The maximum atomic E-state index is 12.4. The summed E-state index contributed by atoms with van der Waals surface area (Å²) in [6, 6.07) is 0. The topological polar surface area (TPSA) is 49.9 Å². The molecule has 2 heterocycles. The van der Waals surface area contributed by atoms with Gasteiger partial charge in [0.25, 0.3) is 5.91 Å². The maximum absolute atomic E-state index is 12.4. The lowest BCUT2D eigenvalue weighted by molar-refractivity contribution is -0.124. The fourth-order valence-corrected chi connectivity index (χ4v) is 3.20. The van der Waals surface area contributed by atoms with Crippen LogP contribution in [0, 0.1) is 0 Å². The van der Waals surface area contributed by atoms with E-state index in [9.17, 15) is 9.59 Å². The van der Waals surface area contributed by atoms with E-state index in [0.29, 0.717) is 13.2 Å². The van der Waals surface area contributed by atoms with Crippen molar-refractivity contribution < 1.29 is 14.3 Å². The first-order chi connectivity index (χ1) is 10.7. The van der Waals surface area contributed by atoms with E-state index in [-0.39, 0.29) is 5.91 Å². The molecule has 2 amide bonds. The van der Waals surface area contributed by atoms with E-state index < -0.39 is 6.09 Å². The number of carbonyl (C=O) groups is 2. The summed E-state index contributed by atoms with van der Waals surface area (Å²) in [5, 5.41) is 0. The fourth-order valence-electron chi connectivity index (χ4n) is 3.20. The van der Waals surface area contributed by atoms with Crippen LogP contribution in [0.25, 0.3) is 0 Å². The van der Waals surface area contributed by atoms with Gasteiger partial charge in [-0.3, -0.25) is 9.69 Å². The molecule has 1 aliphatic carbocycles. The van der Waals surface area contributed by atoms with Crippen molar-refractivity contribution in [2.24, 2.45) is 0 Å². The number of carbonyl (C=O) groups excluding carboxylic acids is 2. The van der Waals surface area contributed by atoms with Crippen LogP contribution < -0.4 is 0 Å². The van der Waals surface area contributed by atoms with Crippen molar-refractivity contribution in [2.45, 2.75) is 33.1 Å². The van der Waals surface area contributed by atoms with Crippen molar-refractivity contribution >= 4 is 12.0 Å². The SMILES string of the molecule is CCOC(=O)N1C=CC(=C2C3=C(CCC3)C(=O)N2CC)C=C1. The summed E-state index contributed by atoms with van der Waals surface area (Å²) >= 11 is 0. The zero-order valence-corrected chi connectivity index (χ0v) is 13.0. The zero-order chi connectivity index (χ0) is 15.7. The van der Waals surface area contributed by atoms with Crippen LogP contribution in [0.1, 0.15) is 33.1 Å². The van der Waals surface area contributed by atoms with Crippen LogP contribution in [0.2, 0.25) is 0 Å². The van der Waals surface area contributed by atoms with Gasteiger partial charge in [-0.15, -0.1) is 0 Å². The lowest BCUT2D eigenvalue weighted by atomic mass is 10.0. The average Bonchev–Trinajstić information content (AvgIpc) is 3.10. The Balaban J connectivity index is 1.91. The summed E-state index contributed by atoms with van der Waals surface area (Å²) in [4.78, 5) is 27.4. The molecule has 0 saturated carbocycles. The van der Waals surface area contributed by atoms with Gasteiger partial charge in [-0.1, -0.05) is 0 Å². The molecule has 22 heavy (non-hydrogen) atoms. The number of amides is 2. The molecule has 5 nitrogen and oxygen atoms in total. The molecule has 116 valence electrons. The lowest BCUT2D eigenvalue weighted by Crippen LogP contribution is -2.27. The molecule has 0 aromatic heterocycles. The molecule has 0 aromatic carbocycles. The third-order valence-corrected chi connectivity index (χ3v) is 4.17. The zero-order valence-electron chi connectivity index (χ0n) is 13.0. The van der Waals surface area contributed by atoms with Gasteiger partial charge in [-0.05, 0) is 50.8 Å². The van der Waals surface area contributed by atoms with Gasteiger partial charge in [0.1, 0.15) is 0 Å². The van der Waals surface area contributed by atoms with Crippen molar-refractivity contribution in [1.29, 1.82) is 0 Å². The van der Waals surface area contributed by atoms with Gasteiger partial charge in [-0.25, -0.2) is 4.79 Å². The summed E-state index contributed by atoms with van der Waals surface area (Å²) < 4.78 is 4.97. The van der Waals surface area contributed by atoms with Crippen LogP contribution in [0.3, 0.4) is 0 Å². The summed E-state index contributed by atoms with van der Waals surface area (Å²) in [6.45, 7) is 4.77. The highest BCUT2D eigenvalue weighted by Gasteiger charge is 2.37. The molecule has 0 bridgehead atoms. The lowest BCUT2D eigenvalue weighted by Gasteiger charge is -2.23. The van der Waals surface area contributed by atoms with Gasteiger partial charge in [0.15, 0.2) is 0 Å². The van der Waals surface area contributed by atoms with E-state index in [1.165, 1.54) is 10.5 Å². The first-order valence-electron chi connectivity index (χ1n) is 7.77. The number of likely N-dealkylation sites (N-methyl/N-ethyl adjacent to an activating group) is 1. The number of nitrogens with zero attached hydrogens (tertiary/aromatic N) is 2. The second-order valence-corrected chi connectivity index (χ2v) is 5.40. The van der Waals surface area contributed by atoms with Gasteiger partial charge in [0.2, 0.25) is 0 Å². The maximum Gasteiger partial charge on any atom is 0.417 e. The van der Waals surface area contributed by atoms with Gasteiger partial charge in [-0.2, -0.15) is 0 Å². The number of rotatable bonds is 2. The molecule has 3 rings (SSSR count). The molecule has 2 aliphatic heterocycles. The van der Waals surface area contributed by atoms with Crippen LogP contribution in [-0.2, 0) is 9.53 Å². The monoisotopic (exact) mass is 300 g/mol. The number of hydrogen-bond acceptors (Lipinski definition) is 3. The summed E-state index contributed by atoms with van der Waals surface area (Å²) in [6.07, 6.45) is 9.61. The minimum Gasteiger partial charge on any atom is -0.449 e. The Morgan fingerprint density at radius 1 is 1.18 bits per heavy atom. The molecule has 0 unspecified atom stereocenters. The van der Waals surface area contributed by atoms with Crippen molar-refractivity contribution in [3.05, 3.63) is 47.0 Å². The van der Waals surface area contributed by atoms with Gasteiger partial charge >= 0.3 is 6.09 Å². The van der Waals surface area contributed by atoms with Crippen LogP contribution in [0.5, 0.6) is 0 Å². The quantitative estimate of drug-likeness (QED) is 0.787. The summed E-state index contributed by atoms with van der Waals surface area (Å²) in [7, 11) is 0. The molecular formula is C17H20N2O3. The largest absolute Gasteiger partial charge is 0.449 e. The van der Waals surface area contributed by atoms with Gasteiger partial charge < -0.3 is 9.64 Å². The molecule has 0 atom stereocenters. The van der Waals surface area contributed by atoms with E-state index in [0.717, 1.165) is 36.1 Å². The molecule has 0 spiro atoms. The first-order valence-corrected chi connectivity index (χ1v) is 7.77. The Kier molecular flexibility index (Phi) is 3.88. The second-order valence-electron chi connectivity index (χ2n) is 5.40. The Morgan fingerprint density at radius 2 is 1.86 bits per heavy atom. The molecule has 0 fully saturated rings. The standard InChI is InChI=1S/C17H20N2O3/c1-3-19-15(13-6-5-7-14(13)16(19)20)12-8-10-18(11-9-12)17(21)22-4-2/h8-11H,3-7H2,1-2H3. The summed E-state index contributed by atoms with van der Waals surface area (Å²) in [5.74, 6) is 0.145. The Labute approximate surface area is 130 Å². The first kappa shape index (κ1) is 14.6. The molecule has 3 aliphatic rings. The molecule has 0 aromatic rings. The number of allylic oxidation sites excluding steroid dienone is 4. The third-order valence-electron chi connectivity index (χ3n) is 4.17. The van der Waals surface area contributed by atoms with Crippen LogP contribution in [-0.4, -0.2) is 35.0 Å². The van der Waals surface area contributed by atoms with E-state index in [2.05, 4.69) is 0 Å². The molecular weight excluding hydrogens is 280 g/mol. The molecule has 0 N–H and O–H groups in total. The van der Waals surface area contributed by atoms with Crippen LogP contribution >= 0.6 is 0 Å². The number of likely N-dealkylation sites (tertiary alicyclic amines) is 1. The van der Waals surface area contributed by atoms with Crippen LogP contribution in [0.4, 0.5) is 4.79 Å². The number of ether oxygens (including phenoxy) is 1. The van der Waals surface area contributed by atoms with Gasteiger partial charge in [0, 0.05) is 30.1 Å². The average molecular weight is 300 g/mol. The highest BCUT2D eigenvalue weighted by Crippen LogP contribution is 2.42. The fraction of sp³-hybridized carbons (Fsp3) is 0.412. The minimum atomic E-state index is -0.394. The third kappa shape index (κ3) is 2.26. The molecule has 0 radical (unpaired) electrons. The van der Waals surface area contributed by atoms with Crippen molar-refractivity contribution in [3.63, 3.8) is 0 Å².